The monoisotopic (exact) mass is 258 g/mol. The van der Waals surface area contributed by atoms with Crippen LogP contribution in [0.25, 0.3) is 0 Å². The third-order valence-corrected chi connectivity index (χ3v) is 2.77. The molecule has 0 saturated heterocycles. The molecule has 2 aromatic rings. The van der Waals surface area contributed by atoms with E-state index in [-0.39, 0.29) is 0 Å². The SMILES string of the molecule is Cc1cccnc1CNc1cccc(C(N)=S)n1. The number of pyridine rings is 2. The Bertz CT molecular complexity index is 568. The van der Waals surface area contributed by atoms with Gasteiger partial charge in [0, 0.05) is 6.20 Å². The van der Waals surface area contributed by atoms with Crippen molar-refractivity contribution < 1.29 is 0 Å². The minimum Gasteiger partial charge on any atom is -0.388 e. The van der Waals surface area contributed by atoms with E-state index in [9.17, 15) is 0 Å². The van der Waals surface area contributed by atoms with E-state index >= 15 is 0 Å². The summed E-state index contributed by atoms with van der Waals surface area (Å²) < 4.78 is 0. The zero-order chi connectivity index (χ0) is 13.0. The summed E-state index contributed by atoms with van der Waals surface area (Å²) >= 11 is 4.90. The van der Waals surface area contributed by atoms with E-state index in [4.69, 9.17) is 18.0 Å². The van der Waals surface area contributed by atoms with Crippen LogP contribution in [0, 0.1) is 6.92 Å². The van der Waals surface area contributed by atoms with Crippen molar-refractivity contribution in [1.82, 2.24) is 9.97 Å². The minimum atomic E-state index is 0.299. The second kappa shape index (κ2) is 5.55. The molecule has 4 nitrogen and oxygen atoms in total. The highest BCUT2D eigenvalue weighted by Crippen LogP contribution is 2.09. The Hall–Kier alpha value is -2.01. The predicted molar refractivity (Wildman–Crippen MR) is 76.4 cm³/mol. The molecule has 2 rings (SSSR count). The zero-order valence-corrected chi connectivity index (χ0v) is 10.9. The van der Waals surface area contributed by atoms with Crippen LogP contribution in [-0.2, 0) is 6.54 Å². The first-order valence-electron chi connectivity index (χ1n) is 5.58. The van der Waals surface area contributed by atoms with Crippen molar-refractivity contribution in [3.63, 3.8) is 0 Å². The summed E-state index contributed by atoms with van der Waals surface area (Å²) in [6, 6.07) is 9.49. The average molecular weight is 258 g/mol. The molecule has 0 amide bonds. The molecular formula is C13H14N4S. The second-order valence-electron chi connectivity index (χ2n) is 3.89. The highest BCUT2D eigenvalue weighted by molar-refractivity contribution is 7.80. The number of thiocarbonyl (C=S) groups is 1. The van der Waals surface area contributed by atoms with Crippen LogP contribution in [0.1, 0.15) is 17.0 Å². The quantitative estimate of drug-likeness (QED) is 0.822. The number of aromatic nitrogens is 2. The summed E-state index contributed by atoms with van der Waals surface area (Å²) in [5.41, 5.74) is 8.31. The molecule has 92 valence electrons. The molecule has 2 heterocycles. The van der Waals surface area contributed by atoms with Gasteiger partial charge in [0.2, 0.25) is 0 Å². The second-order valence-corrected chi connectivity index (χ2v) is 4.33. The van der Waals surface area contributed by atoms with Gasteiger partial charge in [-0.2, -0.15) is 0 Å². The fraction of sp³-hybridized carbons (Fsp3) is 0.154. The largest absolute Gasteiger partial charge is 0.388 e. The number of anilines is 1. The van der Waals surface area contributed by atoms with Crippen LogP contribution in [0.2, 0.25) is 0 Å². The van der Waals surface area contributed by atoms with Crippen LogP contribution >= 0.6 is 12.2 Å². The van der Waals surface area contributed by atoms with E-state index in [2.05, 4.69) is 15.3 Å². The van der Waals surface area contributed by atoms with Crippen molar-refractivity contribution in [3.8, 4) is 0 Å². The number of aryl methyl sites for hydroxylation is 1. The Kier molecular flexibility index (Phi) is 3.84. The molecule has 2 aromatic heterocycles. The molecular weight excluding hydrogens is 244 g/mol. The lowest BCUT2D eigenvalue weighted by atomic mass is 10.2. The Labute approximate surface area is 111 Å². The molecule has 0 bridgehead atoms. The first-order chi connectivity index (χ1) is 8.66. The molecule has 5 heteroatoms. The Morgan fingerprint density at radius 3 is 2.89 bits per heavy atom. The smallest absolute Gasteiger partial charge is 0.127 e. The summed E-state index contributed by atoms with van der Waals surface area (Å²) in [6.45, 7) is 2.66. The van der Waals surface area contributed by atoms with E-state index in [1.54, 1.807) is 12.3 Å². The van der Waals surface area contributed by atoms with Gasteiger partial charge in [-0.3, -0.25) is 4.98 Å². The van der Waals surface area contributed by atoms with Crippen LogP contribution in [0.3, 0.4) is 0 Å². The molecule has 0 spiro atoms. The molecule has 0 radical (unpaired) electrons. The number of nitrogens with zero attached hydrogens (tertiary/aromatic N) is 2. The van der Waals surface area contributed by atoms with Gasteiger partial charge in [0.05, 0.1) is 17.9 Å². The van der Waals surface area contributed by atoms with Crippen molar-refractivity contribution in [2.24, 2.45) is 5.73 Å². The Morgan fingerprint density at radius 1 is 1.33 bits per heavy atom. The summed E-state index contributed by atoms with van der Waals surface area (Å²) in [7, 11) is 0. The zero-order valence-electron chi connectivity index (χ0n) is 10.1. The average Bonchev–Trinajstić information content (AvgIpc) is 2.38. The summed E-state index contributed by atoms with van der Waals surface area (Å²) in [4.78, 5) is 8.92. The standard InChI is InChI=1S/C13H14N4S/c1-9-4-3-7-15-11(9)8-16-12-6-2-5-10(17-12)13(14)18/h2-7H,8H2,1H3,(H2,14,18)(H,16,17). The molecule has 0 unspecified atom stereocenters. The molecule has 0 atom stereocenters. The van der Waals surface area contributed by atoms with Crippen molar-refractivity contribution in [1.29, 1.82) is 0 Å². The van der Waals surface area contributed by atoms with Crippen LogP contribution in [0.15, 0.2) is 36.5 Å². The molecule has 18 heavy (non-hydrogen) atoms. The predicted octanol–water partition coefficient (Wildman–Crippen LogP) is 2.03. The van der Waals surface area contributed by atoms with Gasteiger partial charge in [0.1, 0.15) is 10.8 Å². The van der Waals surface area contributed by atoms with Gasteiger partial charge < -0.3 is 11.1 Å². The fourth-order valence-electron chi connectivity index (χ4n) is 1.55. The molecule has 0 aliphatic carbocycles. The van der Waals surface area contributed by atoms with Gasteiger partial charge in [0.25, 0.3) is 0 Å². The third kappa shape index (κ3) is 3.01. The molecule has 0 fully saturated rings. The van der Waals surface area contributed by atoms with Gasteiger partial charge in [-0.05, 0) is 30.7 Å². The van der Waals surface area contributed by atoms with Gasteiger partial charge in [-0.15, -0.1) is 0 Å². The lowest BCUT2D eigenvalue weighted by Gasteiger charge is -2.08. The third-order valence-electron chi connectivity index (χ3n) is 2.56. The van der Waals surface area contributed by atoms with E-state index in [0.717, 1.165) is 17.1 Å². The number of nitrogens with two attached hydrogens (primary N) is 1. The first-order valence-corrected chi connectivity index (χ1v) is 5.99. The van der Waals surface area contributed by atoms with E-state index < -0.39 is 0 Å². The van der Waals surface area contributed by atoms with Crippen LogP contribution in [-0.4, -0.2) is 15.0 Å². The van der Waals surface area contributed by atoms with Crippen molar-refractivity contribution in [2.75, 3.05) is 5.32 Å². The number of hydrogen-bond donors (Lipinski definition) is 2. The van der Waals surface area contributed by atoms with Crippen molar-refractivity contribution in [3.05, 3.63) is 53.5 Å². The number of hydrogen-bond acceptors (Lipinski definition) is 4. The molecule has 0 saturated carbocycles. The van der Waals surface area contributed by atoms with E-state index in [0.29, 0.717) is 17.2 Å². The highest BCUT2D eigenvalue weighted by Gasteiger charge is 2.02. The lowest BCUT2D eigenvalue weighted by molar-refractivity contribution is 1.00. The number of rotatable bonds is 4. The van der Waals surface area contributed by atoms with E-state index in [1.165, 1.54) is 0 Å². The maximum Gasteiger partial charge on any atom is 0.127 e. The lowest BCUT2D eigenvalue weighted by Crippen LogP contribution is -2.13. The minimum absolute atomic E-state index is 0.299. The Morgan fingerprint density at radius 2 is 2.17 bits per heavy atom. The molecule has 0 aliphatic rings. The van der Waals surface area contributed by atoms with Gasteiger partial charge >= 0.3 is 0 Å². The molecule has 3 N–H and O–H groups in total. The maximum absolute atomic E-state index is 5.54. The fourth-order valence-corrected chi connectivity index (χ4v) is 1.66. The number of nitrogens with one attached hydrogen (secondary N) is 1. The van der Waals surface area contributed by atoms with Gasteiger partial charge in [0.15, 0.2) is 0 Å². The summed E-state index contributed by atoms with van der Waals surface area (Å²) in [5, 5.41) is 3.21. The summed E-state index contributed by atoms with van der Waals surface area (Å²) in [5.74, 6) is 0.741. The van der Waals surface area contributed by atoms with Gasteiger partial charge in [-0.1, -0.05) is 24.4 Å². The maximum atomic E-state index is 5.54. The van der Waals surface area contributed by atoms with Crippen LogP contribution in [0.4, 0.5) is 5.82 Å². The van der Waals surface area contributed by atoms with Crippen molar-refractivity contribution >= 4 is 23.0 Å². The topological polar surface area (TPSA) is 63.8 Å². The van der Waals surface area contributed by atoms with Crippen LogP contribution in [0.5, 0.6) is 0 Å². The molecule has 0 aliphatic heterocycles. The normalized spacial score (nSPS) is 10.1. The van der Waals surface area contributed by atoms with Crippen LogP contribution < -0.4 is 11.1 Å². The first kappa shape index (κ1) is 12.4. The molecule has 0 aromatic carbocycles. The van der Waals surface area contributed by atoms with E-state index in [1.807, 2.05) is 31.2 Å². The highest BCUT2D eigenvalue weighted by atomic mass is 32.1. The summed E-state index contributed by atoms with van der Waals surface area (Å²) in [6.07, 6.45) is 1.78. The van der Waals surface area contributed by atoms with Crippen molar-refractivity contribution in [2.45, 2.75) is 13.5 Å². The Balaban J connectivity index is 2.09. The van der Waals surface area contributed by atoms with Gasteiger partial charge in [-0.25, -0.2) is 4.98 Å².